The summed E-state index contributed by atoms with van der Waals surface area (Å²) >= 11 is 0. The number of ketones is 1. The number of nitrogens with zero attached hydrogens (tertiary/aromatic N) is 1. The molecule has 0 N–H and O–H groups in total. The molecule has 0 aliphatic carbocycles. The zero-order valence-corrected chi connectivity index (χ0v) is 9.99. The zero-order chi connectivity index (χ0) is 11.3. The molecule has 1 unspecified atom stereocenters. The molecule has 1 rings (SSSR count). The van der Waals surface area contributed by atoms with E-state index in [1.165, 1.54) is 12.8 Å². The number of rotatable bonds is 6. The standard InChI is InChI=1S/C13H21NO/c1-4-6-11(3)9-14-8-7-12(10-14)13(15)5-2/h7-8,10-11H,4-6,9H2,1-3H3. The van der Waals surface area contributed by atoms with Gasteiger partial charge in [-0.25, -0.2) is 0 Å². The topological polar surface area (TPSA) is 22.0 Å². The van der Waals surface area contributed by atoms with E-state index in [1.54, 1.807) is 0 Å². The van der Waals surface area contributed by atoms with Crippen LogP contribution in [0.25, 0.3) is 0 Å². The largest absolute Gasteiger partial charge is 0.353 e. The summed E-state index contributed by atoms with van der Waals surface area (Å²) in [5.74, 6) is 0.920. The number of hydrogen-bond donors (Lipinski definition) is 0. The first-order chi connectivity index (χ1) is 7.17. The van der Waals surface area contributed by atoms with Gasteiger partial charge in [0, 0.05) is 30.9 Å². The van der Waals surface area contributed by atoms with Gasteiger partial charge >= 0.3 is 0 Å². The van der Waals surface area contributed by atoms with Crippen molar-refractivity contribution in [3.05, 3.63) is 24.0 Å². The van der Waals surface area contributed by atoms with Crippen LogP contribution in [0.1, 0.15) is 50.4 Å². The molecule has 1 heterocycles. The van der Waals surface area contributed by atoms with E-state index in [2.05, 4.69) is 18.4 Å². The van der Waals surface area contributed by atoms with E-state index in [9.17, 15) is 4.79 Å². The maximum Gasteiger partial charge on any atom is 0.164 e. The van der Waals surface area contributed by atoms with Crippen molar-refractivity contribution in [2.24, 2.45) is 5.92 Å². The summed E-state index contributed by atoms with van der Waals surface area (Å²) in [5.41, 5.74) is 0.848. The lowest BCUT2D eigenvalue weighted by atomic mass is 10.1. The third-order valence-electron chi connectivity index (χ3n) is 2.70. The van der Waals surface area contributed by atoms with Crippen molar-refractivity contribution in [1.29, 1.82) is 0 Å². The van der Waals surface area contributed by atoms with Crippen LogP contribution in [0.2, 0.25) is 0 Å². The normalized spacial score (nSPS) is 12.7. The number of Topliss-reactive ketones (excluding diaryl/α,β-unsaturated/α-hetero) is 1. The van der Waals surface area contributed by atoms with E-state index in [0.717, 1.165) is 12.1 Å². The van der Waals surface area contributed by atoms with Crippen LogP contribution in [0.5, 0.6) is 0 Å². The van der Waals surface area contributed by atoms with Gasteiger partial charge in [0.2, 0.25) is 0 Å². The molecule has 0 amide bonds. The van der Waals surface area contributed by atoms with Crippen LogP contribution in [-0.2, 0) is 6.54 Å². The van der Waals surface area contributed by atoms with E-state index in [4.69, 9.17) is 0 Å². The highest BCUT2D eigenvalue weighted by atomic mass is 16.1. The van der Waals surface area contributed by atoms with E-state index >= 15 is 0 Å². The minimum atomic E-state index is 0.233. The molecule has 0 aliphatic heterocycles. The maximum atomic E-state index is 11.4. The van der Waals surface area contributed by atoms with Crippen molar-refractivity contribution in [3.8, 4) is 0 Å². The first-order valence-electron chi connectivity index (χ1n) is 5.86. The van der Waals surface area contributed by atoms with Crippen LogP contribution in [-0.4, -0.2) is 10.4 Å². The predicted molar refractivity (Wildman–Crippen MR) is 63.1 cm³/mol. The number of hydrogen-bond acceptors (Lipinski definition) is 1. The van der Waals surface area contributed by atoms with Crippen molar-refractivity contribution >= 4 is 5.78 Å². The fourth-order valence-corrected chi connectivity index (χ4v) is 1.87. The van der Waals surface area contributed by atoms with Gasteiger partial charge < -0.3 is 4.57 Å². The second-order valence-electron chi connectivity index (χ2n) is 4.27. The molecular weight excluding hydrogens is 186 g/mol. The molecular formula is C13H21NO. The minimum absolute atomic E-state index is 0.233. The van der Waals surface area contributed by atoms with Gasteiger partial charge in [0.1, 0.15) is 0 Å². The molecule has 2 nitrogen and oxygen atoms in total. The lowest BCUT2D eigenvalue weighted by Gasteiger charge is -2.10. The summed E-state index contributed by atoms with van der Waals surface area (Å²) in [4.78, 5) is 11.4. The van der Waals surface area contributed by atoms with E-state index in [1.807, 2.05) is 25.4 Å². The Balaban J connectivity index is 2.56. The lowest BCUT2D eigenvalue weighted by molar-refractivity contribution is 0.0988. The van der Waals surface area contributed by atoms with Crippen molar-refractivity contribution in [1.82, 2.24) is 4.57 Å². The fourth-order valence-electron chi connectivity index (χ4n) is 1.87. The summed E-state index contributed by atoms with van der Waals surface area (Å²) in [5, 5.41) is 0. The van der Waals surface area contributed by atoms with Gasteiger partial charge in [0.15, 0.2) is 5.78 Å². The smallest absolute Gasteiger partial charge is 0.164 e. The molecule has 0 saturated carbocycles. The highest BCUT2D eigenvalue weighted by Crippen LogP contribution is 2.11. The Hall–Kier alpha value is -1.05. The van der Waals surface area contributed by atoms with Crippen LogP contribution in [0, 0.1) is 5.92 Å². The molecule has 2 heteroatoms. The van der Waals surface area contributed by atoms with Crippen molar-refractivity contribution in [3.63, 3.8) is 0 Å². The highest BCUT2D eigenvalue weighted by molar-refractivity contribution is 5.95. The number of carbonyl (C=O) groups excluding carboxylic acids is 1. The summed E-state index contributed by atoms with van der Waals surface area (Å²) in [6.07, 6.45) is 7.04. The summed E-state index contributed by atoms with van der Waals surface area (Å²) in [6.45, 7) is 7.38. The number of aromatic nitrogens is 1. The first kappa shape index (κ1) is 12.0. The van der Waals surface area contributed by atoms with Crippen molar-refractivity contribution < 1.29 is 4.79 Å². The molecule has 1 atom stereocenters. The molecule has 0 fully saturated rings. The Morgan fingerprint density at radius 3 is 2.80 bits per heavy atom. The molecule has 0 saturated heterocycles. The average molecular weight is 207 g/mol. The molecule has 1 aromatic heterocycles. The molecule has 0 spiro atoms. The summed E-state index contributed by atoms with van der Waals surface area (Å²) < 4.78 is 2.13. The van der Waals surface area contributed by atoms with Crippen LogP contribution in [0.15, 0.2) is 18.5 Å². The minimum Gasteiger partial charge on any atom is -0.353 e. The van der Waals surface area contributed by atoms with Gasteiger partial charge in [-0.05, 0) is 18.4 Å². The Labute approximate surface area is 92.3 Å². The van der Waals surface area contributed by atoms with Gasteiger partial charge in [-0.2, -0.15) is 0 Å². The molecule has 0 radical (unpaired) electrons. The van der Waals surface area contributed by atoms with Crippen LogP contribution in [0.4, 0.5) is 0 Å². The third-order valence-corrected chi connectivity index (χ3v) is 2.70. The van der Waals surface area contributed by atoms with Crippen molar-refractivity contribution in [2.75, 3.05) is 0 Å². The molecule has 0 aromatic carbocycles. The highest BCUT2D eigenvalue weighted by Gasteiger charge is 2.06. The Morgan fingerprint density at radius 2 is 2.20 bits per heavy atom. The molecule has 0 bridgehead atoms. The van der Waals surface area contributed by atoms with Gasteiger partial charge in [0.05, 0.1) is 0 Å². The Bertz CT molecular complexity index is 314. The lowest BCUT2D eigenvalue weighted by Crippen LogP contribution is -2.05. The average Bonchev–Trinajstić information content (AvgIpc) is 2.65. The quantitative estimate of drug-likeness (QED) is 0.654. The monoisotopic (exact) mass is 207 g/mol. The summed E-state index contributed by atoms with van der Waals surface area (Å²) in [7, 11) is 0. The van der Waals surface area contributed by atoms with Gasteiger partial charge in [-0.1, -0.05) is 27.2 Å². The SMILES string of the molecule is CCCC(C)Cn1ccc(C(=O)CC)c1. The second kappa shape index (κ2) is 5.74. The number of carbonyl (C=O) groups is 1. The van der Waals surface area contributed by atoms with Gasteiger partial charge in [-0.3, -0.25) is 4.79 Å². The van der Waals surface area contributed by atoms with Crippen LogP contribution >= 0.6 is 0 Å². The zero-order valence-electron chi connectivity index (χ0n) is 9.99. The van der Waals surface area contributed by atoms with Crippen LogP contribution < -0.4 is 0 Å². The van der Waals surface area contributed by atoms with Crippen molar-refractivity contribution in [2.45, 2.75) is 46.6 Å². The second-order valence-corrected chi connectivity index (χ2v) is 4.27. The maximum absolute atomic E-state index is 11.4. The fraction of sp³-hybridized carbons (Fsp3) is 0.615. The van der Waals surface area contributed by atoms with E-state index < -0.39 is 0 Å². The molecule has 84 valence electrons. The molecule has 15 heavy (non-hydrogen) atoms. The third kappa shape index (κ3) is 3.54. The van der Waals surface area contributed by atoms with Gasteiger partial charge in [-0.15, -0.1) is 0 Å². The van der Waals surface area contributed by atoms with E-state index in [-0.39, 0.29) is 5.78 Å². The van der Waals surface area contributed by atoms with Crippen LogP contribution in [0.3, 0.4) is 0 Å². The predicted octanol–water partition coefficient (Wildman–Crippen LogP) is 3.52. The molecule has 1 aromatic rings. The first-order valence-corrected chi connectivity index (χ1v) is 5.86. The summed E-state index contributed by atoms with van der Waals surface area (Å²) in [6, 6.07) is 1.92. The van der Waals surface area contributed by atoms with Gasteiger partial charge in [0.25, 0.3) is 0 Å². The van der Waals surface area contributed by atoms with E-state index in [0.29, 0.717) is 12.3 Å². The Morgan fingerprint density at radius 1 is 1.47 bits per heavy atom. The molecule has 0 aliphatic rings. The Kier molecular flexibility index (Phi) is 4.60.